The van der Waals surface area contributed by atoms with Gasteiger partial charge in [-0.1, -0.05) is 20.8 Å². The highest BCUT2D eigenvalue weighted by molar-refractivity contribution is 5.93. The van der Waals surface area contributed by atoms with E-state index in [1.54, 1.807) is 16.5 Å². The standard InChI is InChI=1S/C14H24N4O3/c1-5-6-17-8-11(18(20)21)7-12(17)13(19)16(4)10-14(2,3)9-15/h7-8H,5-6,9-10,15H2,1-4H3. The zero-order chi connectivity index (χ0) is 16.2. The zero-order valence-electron chi connectivity index (χ0n) is 13.1. The molecule has 7 heteroatoms. The van der Waals surface area contributed by atoms with Crippen LogP contribution in [0.5, 0.6) is 0 Å². The quantitative estimate of drug-likeness (QED) is 0.613. The van der Waals surface area contributed by atoms with Crippen molar-refractivity contribution < 1.29 is 9.72 Å². The second kappa shape index (κ2) is 6.71. The second-order valence-corrected chi connectivity index (χ2v) is 6.06. The molecule has 1 aromatic heterocycles. The van der Waals surface area contributed by atoms with E-state index < -0.39 is 4.92 Å². The van der Waals surface area contributed by atoms with Gasteiger partial charge in [0, 0.05) is 26.2 Å². The van der Waals surface area contributed by atoms with Crippen molar-refractivity contribution in [3.05, 3.63) is 28.1 Å². The van der Waals surface area contributed by atoms with Crippen LogP contribution < -0.4 is 5.73 Å². The Kier molecular flexibility index (Phi) is 5.48. The minimum atomic E-state index is -0.479. The normalized spacial score (nSPS) is 11.5. The Balaban J connectivity index is 3.02. The maximum atomic E-state index is 12.5. The Morgan fingerprint density at radius 2 is 2.14 bits per heavy atom. The summed E-state index contributed by atoms with van der Waals surface area (Å²) in [7, 11) is 1.69. The Morgan fingerprint density at radius 3 is 2.62 bits per heavy atom. The predicted molar refractivity (Wildman–Crippen MR) is 81.2 cm³/mol. The van der Waals surface area contributed by atoms with Crippen molar-refractivity contribution in [2.24, 2.45) is 11.1 Å². The molecule has 0 radical (unpaired) electrons. The van der Waals surface area contributed by atoms with Crippen LogP contribution in [0.4, 0.5) is 5.69 Å². The fourth-order valence-electron chi connectivity index (χ4n) is 2.17. The van der Waals surface area contributed by atoms with Gasteiger partial charge in [0.2, 0.25) is 0 Å². The van der Waals surface area contributed by atoms with Crippen LogP contribution in [-0.2, 0) is 6.54 Å². The fourth-order valence-corrected chi connectivity index (χ4v) is 2.17. The summed E-state index contributed by atoms with van der Waals surface area (Å²) in [6.07, 6.45) is 2.21. The van der Waals surface area contributed by atoms with Crippen molar-refractivity contribution >= 4 is 11.6 Å². The van der Waals surface area contributed by atoms with Gasteiger partial charge >= 0.3 is 0 Å². The molecule has 0 aliphatic carbocycles. The van der Waals surface area contributed by atoms with Gasteiger partial charge in [-0.3, -0.25) is 14.9 Å². The van der Waals surface area contributed by atoms with E-state index in [2.05, 4.69) is 0 Å². The van der Waals surface area contributed by atoms with Gasteiger partial charge in [-0.15, -0.1) is 0 Å². The third-order valence-electron chi connectivity index (χ3n) is 3.34. The summed E-state index contributed by atoms with van der Waals surface area (Å²) in [6.45, 7) is 7.44. The Morgan fingerprint density at radius 1 is 1.52 bits per heavy atom. The Hall–Kier alpha value is -1.89. The summed E-state index contributed by atoms with van der Waals surface area (Å²) in [5.41, 5.74) is 5.78. The first-order chi connectivity index (χ1) is 9.71. The molecule has 0 fully saturated rings. The van der Waals surface area contributed by atoms with E-state index in [1.807, 2.05) is 20.8 Å². The van der Waals surface area contributed by atoms with Gasteiger partial charge in [-0.25, -0.2) is 0 Å². The van der Waals surface area contributed by atoms with Crippen molar-refractivity contribution in [3.8, 4) is 0 Å². The number of hydrogen-bond donors (Lipinski definition) is 1. The average molecular weight is 296 g/mol. The number of nitro groups is 1. The molecular formula is C14H24N4O3. The van der Waals surface area contributed by atoms with Crippen LogP contribution in [0.25, 0.3) is 0 Å². The number of rotatable bonds is 7. The third kappa shape index (κ3) is 4.29. The van der Waals surface area contributed by atoms with Crippen LogP contribution >= 0.6 is 0 Å². The number of nitrogens with two attached hydrogens (primary N) is 1. The van der Waals surface area contributed by atoms with Crippen molar-refractivity contribution in [2.45, 2.75) is 33.7 Å². The van der Waals surface area contributed by atoms with Crippen molar-refractivity contribution in [1.29, 1.82) is 0 Å². The van der Waals surface area contributed by atoms with Gasteiger partial charge < -0.3 is 15.2 Å². The molecule has 0 spiro atoms. The third-order valence-corrected chi connectivity index (χ3v) is 3.34. The molecule has 0 bridgehead atoms. The van der Waals surface area contributed by atoms with Crippen LogP contribution in [0.3, 0.4) is 0 Å². The lowest BCUT2D eigenvalue weighted by Gasteiger charge is -2.29. The first kappa shape index (κ1) is 17.2. The lowest BCUT2D eigenvalue weighted by atomic mass is 9.93. The maximum absolute atomic E-state index is 12.5. The van der Waals surface area contributed by atoms with E-state index in [-0.39, 0.29) is 17.0 Å². The molecule has 7 nitrogen and oxygen atoms in total. The molecule has 118 valence electrons. The van der Waals surface area contributed by atoms with E-state index >= 15 is 0 Å². The highest BCUT2D eigenvalue weighted by atomic mass is 16.6. The fraction of sp³-hybridized carbons (Fsp3) is 0.643. The Labute approximate surface area is 124 Å². The van der Waals surface area contributed by atoms with E-state index in [0.29, 0.717) is 25.3 Å². The summed E-state index contributed by atoms with van der Waals surface area (Å²) in [6, 6.07) is 1.34. The summed E-state index contributed by atoms with van der Waals surface area (Å²) in [4.78, 5) is 24.5. The van der Waals surface area contributed by atoms with E-state index in [4.69, 9.17) is 5.73 Å². The summed E-state index contributed by atoms with van der Waals surface area (Å²) in [5.74, 6) is -0.224. The monoisotopic (exact) mass is 296 g/mol. The number of carbonyl (C=O) groups excluding carboxylic acids is 1. The van der Waals surface area contributed by atoms with Gasteiger partial charge in [0.05, 0.1) is 11.1 Å². The largest absolute Gasteiger partial charge is 0.340 e. The number of aromatic nitrogens is 1. The molecule has 0 unspecified atom stereocenters. The minimum absolute atomic E-state index is 0.0571. The zero-order valence-corrected chi connectivity index (χ0v) is 13.1. The summed E-state index contributed by atoms with van der Waals surface area (Å²) < 4.78 is 1.65. The van der Waals surface area contributed by atoms with Gasteiger partial charge in [0.15, 0.2) is 0 Å². The maximum Gasteiger partial charge on any atom is 0.287 e. The number of aryl methyl sites for hydroxylation is 1. The second-order valence-electron chi connectivity index (χ2n) is 6.06. The number of nitrogens with zero attached hydrogens (tertiary/aromatic N) is 3. The van der Waals surface area contributed by atoms with Crippen molar-refractivity contribution in [2.75, 3.05) is 20.1 Å². The van der Waals surface area contributed by atoms with Gasteiger partial charge in [-0.2, -0.15) is 0 Å². The smallest absolute Gasteiger partial charge is 0.287 e. The van der Waals surface area contributed by atoms with E-state index in [9.17, 15) is 14.9 Å². The number of hydrogen-bond acceptors (Lipinski definition) is 4. The molecule has 2 N–H and O–H groups in total. The van der Waals surface area contributed by atoms with Gasteiger partial charge in [-0.05, 0) is 18.4 Å². The molecule has 0 atom stereocenters. The topological polar surface area (TPSA) is 94.4 Å². The highest BCUT2D eigenvalue weighted by Gasteiger charge is 2.25. The van der Waals surface area contributed by atoms with Crippen LogP contribution in [0.1, 0.15) is 37.7 Å². The van der Waals surface area contributed by atoms with E-state index in [0.717, 1.165) is 6.42 Å². The SMILES string of the molecule is CCCn1cc([N+](=O)[O-])cc1C(=O)N(C)CC(C)(C)CN. The van der Waals surface area contributed by atoms with Crippen LogP contribution in [0.2, 0.25) is 0 Å². The molecule has 21 heavy (non-hydrogen) atoms. The molecule has 0 saturated heterocycles. The molecule has 0 saturated carbocycles. The molecule has 1 aromatic rings. The predicted octanol–water partition coefficient (Wildman–Crippen LogP) is 1.86. The molecule has 0 aromatic carbocycles. The van der Waals surface area contributed by atoms with Crippen molar-refractivity contribution in [1.82, 2.24) is 9.47 Å². The van der Waals surface area contributed by atoms with Crippen LogP contribution in [0, 0.1) is 15.5 Å². The average Bonchev–Trinajstić information content (AvgIpc) is 2.82. The van der Waals surface area contributed by atoms with Crippen LogP contribution in [-0.4, -0.2) is 40.4 Å². The summed E-state index contributed by atoms with van der Waals surface area (Å²) in [5, 5.41) is 10.9. The first-order valence-electron chi connectivity index (χ1n) is 7.02. The van der Waals surface area contributed by atoms with Crippen molar-refractivity contribution in [3.63, 3.8) is 0 Å². The lowest BCUT2D eigenvalue weighted by Crippen LogP contribution is -2.40. The molecular weight excluding hydrogens is 272 g/mol. The summed E-state index contributed by atoms with van der Waals surface area (Å²) >= 11 is 0. The number of carbonyl (C=O) groups is 1. The number of amides is 1. The molecule has 1 heterocycles. The first-order valence-corrected chi connectivity index (χ1v) is 7.02. The van der Waals surface area contributed by atoms with Gasteiger partial charge in [0.25, 0.3) is 11.6 Å². The highest BCUT2D eigenvalue weighted by Crippen LogP contribution is 2.20. The Bertz CT molecular complexity index is 522. The van der Waals surface area contributed by atoms with Gasteiger partial charge in [0.1, 0.15) is 5.69 Å². The molecule has 1 rings (SSSR count). The molecule has 0 aliphatic rings. The lowest BCUT2D eigenvalue weighted by molar-refractivity contribution is -0.384. The van der Waals surface area contributed by atoms with E-state index in [1.165, 1.54) is 12.3 Å². The molecule has 1 amide bonds. The minimum Gasteiger partial charge on any atom is -0.340 e. The van der Waals surface area contributed by atoms with Crippen LogP contribution in [0.15, 0.2) is 12.3 Å². The molecule has 0 aliphatic heterocycles.